The summed E-state index contributed by atoms with van der Waals surface area (Å²) in [5, 5.41) is 12.1. The molecule has 1 aliphatic heterocycles. The molecule has 1 aromatic rings. The van der Waals surface area contributed by atoms with E-state index in [9.17, 15) is 14.4 Å². The molecule has 1 heterocycles. The fourth-order valence-electron chi connectivity index (χ4n) is 2.42. The summed E-state index contributed by atoms with van der Waals surface area (Å²) < 4.78 is 0. The lowest BCUT2D eigenvalue weighted by molar-refractivity contribution is -0.138. The van der Waals surface area contributed by atoms with Crippen LogP contribution in [0.2, 0.25) is 0 Å². The number of thioether (sulfide) groups is 1. The zero-order valence-electron chi connectivity index (χ0n) is 12.7. The van der Waals surface area contributed by atoms with Gasteiger partial charge < -0.3 is 10.4 Å². The largest absolute Gasteiger partial charge is 0.396 e. The van der Waals surface area contributed by atoms with Crippen molar-refractivity contribution in [3.8, 4) is 0 Å². The van der Waals surface area contributed by atoms with Gasteiger partial charge in [0.1, 0.15) is 5.54 Å². The number of aliphatic hydroxyl groups excluding tert-OH is 1. The van der Waals surface area contributed by atoms with Crippen molar-refractivity contribution in [2.24, 2.45) is 0 Å². The van der Waals surface area contributed by atoms with Crippen molar-refractivity contribution >= 4 is 29.6 Å². The highest BCUT2D eigenvalue weighted by molar-refractivity contribution is 7.99. The molecule has 3 N–H and O–H groups in total. The molecule has 1 aromatic carbocycles. The number of imide groups is 1. The minimum absolute atomic E-state index is 0.0337. The molecule has 0 aliphatic carbocycles. The number of hydrazine groups is 1. The molecule has 1 aliphatic rings. The van der Waals surface area contributed by atoms with Crippen LogP contribution in [0.25, 0.3) is 0 Å². The van der Waals surface area contributed by atoms with Crippen LogP contribution in [0.15, 0.2) is 30.3 Å². The Balaban J connectivity index is 2.14. The molecule has 2 rings (SSSR count). The van der Waals surface area contributed by atoms with Gasteiger partial charge in [0.05, 0.1) is 12.4 Å². The van der Waals surface area contributed by atoms with Gasteiger partial charge in [-0.05, 0) is 12.0 Å². The predicted molar refractivity (Wildman–Crippen MR) is 86.3 cm³/mol. The summed E-state index contributed by atoms with van der Waals surface area (Å²) in [7, 11) is 0. The number of benzene rings is 1. The van der Waals surface area contributed by atoms with E-state index in [2.05, 4.69) is 10.7 Å². The average molecular weight is 337 g/mol. The lowest BCUT2D eigenvalue weighted by Gasteiger charge is -2.25. The average Bonchev–Trinajstić information content (AvgIpc) is 2.81. The normalized spacial score (nSPS) is 20.5. The Hall–Kier alpha value is -2.06. The smallest absolute Gasteiger partial charge is 0.344 e. The molecule has 0 radical (unpaired) electrons. The Kier molecular flexibility index (Phi) is 5.62. The highest BCUT2D eigenvalue weighted by Gasteiger charge is 2.52. The van der Waals surface area contributed by atoms with Crippen molar-refractivity contribution in [1.29, 1.82) is 0 Å². The van der Waals surface area contributed by atoms with Crippen LogP contribution in [-0.4, -0.2) is 46.1 Å². The predicted octanol–water partition coefficient (Wildman–Crippen LogP) is 0.600. The standard InChI is InChI=1S/C15H19N3O4S/c1-2-15(11-6-4-3-5-7-11)13(21)18(14(22)16-15)17-12(20)10-23-9-8-19/h3-7,19H,2,8-10H2,1H3,(H,16,22)(H,17,20)/t15-/m0/s1. The Morgan fingerprint density at radius 2 is 2.04 bits per heavy atom. The van der Waals surface area contributed by atoms with E-state index in [1.54, 1.807) is 31.2 Å². The maximum absolute atomic E-state index is 12.7. The summed E-state index contributed by atoms with van der Waals surface area (Å²) in [5.74, 6) is -0.498. The van der Waals surface area contributed by atoms with Gasteiger partial charge in [-0.1, -0.05) is 37.3 Å². The van der Waals surface area contributed by atoms with E-state index < -0.39 is 23.4 Å². The number of hydrogen-bond donors (Lipinski definition) is 3. The highest BCUT2D eigenvalue weighted by Crippen LogP contribution is 2.31. The molecule has 1 atom stereocenters. The molecule has 0 bridgehead atoms. The quantitative estimate of drug-likeness (QED) is 0.500. The third-order valence-electron chi connectivity index (χ3n) is 3.59. The maximum Gasteiger partial charge on any atom is 0.344 e. The first-order valence-electron chi connectivity index (χ1n) is 7.25. The number of rotatable bonds is 7. The highest BCUT2D eigenvalue weighted by atomic mass is 32.2. The van der Waals surface area contributed by atoms with Crippen LogP contribution in [-0.2, 0) is 15.1 Å². The summed E-state index contributed by atoms with van der Waals surface area (Å²) in [4.78, 5) is 36.7. The SMILES string of the molecule is CC[C@@]1(c2ccccc2)NC(=O)N(NC(=O)CSCCO)C1=O. The molecule has 0 aromatic heterocycles. The zero-order chi connectivity index (χ0) is 16.9. The molecule has 8 heteroatoms. The van der Waals surface area contributed by atoms with Gasteiger partial charge in [0.25, 0.3) is 5.91 Å². The van der Waals surface area contributed by atoms with Crippen molar-refractivity contribution < 1.29 is 19.5 Å². The maximum atomic E-state index is 12.7. The molecule has 0 saturated carbocycles. The lowest BCUT2D eigenvalue weighted by atomic mass is 9.87. The first-order chi connectivity index (χ1) is 11.0. The molecular weight excluding hydrogens is 318 g/mol. The number of nitrogens with one attached hydrogen (secondary N) is 2. The third kappa shape index (κ3) is 3.48. The first-order valence-corrected chi connectivity index (χ1v) is 8.41. The molecule has 0 unspecified atom stereocenters. The number of carbonyl (C=O) groups is 3. The van der Waals surface area contributed by atoms with Gasteiger partial charge in [-0.2, -0.15) is 5.01 Å². The number of carbonyl (C=O) groups excluding carboxylic acids is 3. The van der Waals surface area contributed by atoms with Gasteiger partial charge in [-0.25, -0.2) is 4.79 Å². The summed E-state index contributed by atoms with van der Waals surface area (Å²) in [6.45, 7) is 1.77. The summed E-state index contributed by atoms with van der Waals surface area (Å²) in [6, 6.07) is 8.29. The van der Waals surface area contributed by atoms with Crippen LogP contribution in [0.5, 0.6) is 0 Å². The number of hydrogen-bond acceptors (Lipinski definition) is 5. The van der Waals surface area contributed by atoms with Crippen molar-refractivity contribution in [1.82, 2.24) is 15.8 Å². The van der Waals surface area contributed by atoms with Gasteiger partial charge in [-0.3, -0.25) is 15.0 Å². The number of nitrogens with zero attached hydrogens (tertiary/aromatic N) is 1. The van der Waals surface area contributed by atoms with E-state index in [4.69, 9.17) is 5.11 Å². The molecule has 4 amide bonds. The molecular formula is C15H19N3O4S. The Morgan fingerprint density at radius 1 is 1.35 bits per heavy atom. The molecule has 1 fully saturated rings. The second-order valence-electron chi connectivity index (χ2n) is 5.01. The van der Waals surface area contributed by atoms with E-state index in [0.717, 1.165) is 5.01 Å². The van der Waals surface area contributed by atoms with Gasteiger partial charge in [0.2, 0.25) is 5.91 Å². The monoisotopic (exact) mass is 337 g/mol. The number of amides is 4. The fraction of sp³-hybridized carbons (Fsp3) is 0.400. The topological polar surface area (TPSA) is 98.7 Å². The Labute approximate surface area is 138 Å². The fourth-order valence-corrected chi connectivity index (χ4v) is 2.95. The van der Waals surface area contributed by atoms with Crippen molar-refractivity contribution in [2.45, 2.75) is 18.9 Å². The molecule has 23 heavy (non-hydrogen) atoms. The van der Waals surface area contributed by atoms with Crippen molar-refractivity contribution in [3.05, 3.63) is 35.9 Å². The minimum atomic E-state index is -1.16. The van der Waals surface area contributed by atoms with Gasteiger partial charge in [0, 0.05) is 5.75 Å². The van der Waals surface area contributed by atoms with E-state index in [1.165, 1.54) is 11.8 Å². The molecule has 124 valence electrons. The van der Waals surface area contributed by atoms with E-state index in [1.807, 2.05) is 6.07 Å². The minimum Gasteiger partial charge on any atom is -0.396 e. The van der Waals surface area contributed by atoms with Crippen molar-refractivity contribution in [2.75, 3.05) is 18.1 Å². The molecule has 1 saturated heterocycles. The summed E-state index contributed by atoms with van der Waals surface area (Å²) in [6.07, 6.45) is 0.368. The second kappa shape index (κ2) is 7.47. The van der Waals surface area contributed by atoms with Crippen LogP contribution in [0.3, 0.4) is 0 Å². The Bertz CT molecular complexity index is 596. The van der Waals surface area contributed by atoms with Gasteiger partial charge in [0.15, 0.2) is 0 Å². The van der Waals surface area contributed by atoms with Gasteiger partial charge in [-0.15, -0.1) is 11.8 Å². The first kappa shape index (κ1) is 17.3. The summed E-state index contributed by atoms with van der Waals surface area (Å²) >= 11 is 1.22. The number of urea groups is 1. The van der Waals surface area contributed by atoms with E-state index in [-0.39, 0.29) is 12.4 Å². The zero-order valence-corrected chi connectivity index (χ0v) is 13.6. The van der Waals surface area contributed by atoms with E-state index in [0.29, 0.717) is 17.7 Å². The van der Waals surface area contributed by atoms with Crippen LogP contribution >= 0.6 is 11.8 Å². The van der Waals surface area contributed by atoms with Crippen LogP contribution in [0, 0.1) is 0 Å². The molecule has 0 spiro atoms. The lowest BCUT2D eigenvalue weighted by Crippen LogP contribution is -2.49. The third-order valence-corrected chi connectivity index (χ3v) is 4.53. The van der Waals surface area contributed by atoms with Crippen LogP contribution in [0.1, 0.15) is 18.9 Å². The summed E-state index contributed by atoms with van der Waals surface area (Å²) in [5.41, 5.74) is 1.84. The van der Waals surface area contributed by atoms with Crippen molar-refractivity contribution in [3.63, 3.8) is 0 Å². The van der Waals surface area contributed by atoms with Crippen LogP contribution < -0.4 is 10.7 Å². The van der Waals surface area contributed by atoms with Gasteiger partial charge >= 0.3 is 6.03 Å². The molecule has 7 nitrogen and oxygen atoms in total. The second-order valence-corrected chi connectivity index (χ2v) is 6.11. The number of aliphatic hydroxyl groups is 1. The Morgan fingerprint density at radius 3 is 2.65 bits per heavy atom. The van der Waals surface area contributed by atoms with Crippen LogP contribution in [0.4, 0.5) is 4.79 Å². The van der Waals surface area contributed by atoms with E-state index >= 15 is 0 Å².